The Balaban J connectivity index is 1.47. The van der Waals surface area contributed by atoms with Crippen LogP contribution in [0.5, 0.6) is 5.75 Å². The smallest absolute Gasteiger partial charge is 0.408 e. The number of aromatic nitrogens is 1. The average molecular weight is 548 g/mol. The van der Waals surface area contributed by atoms with Crippen molar-refractivity contribution in [2.75, 3.05) is 19.4 Å². The Bertz CT molecular complexity index is 1370. The lowest BCUT2D eigenvalue weighted by molar-refractivity contribution is -0.140. The van der Waals surface area contributed by atoms with Gasteiger partial charge in [-0.3, -0.25) is 9.59 Å². The number of hydrogen-bond donors (Lipinski definition) is 3. The average Bonchev–Trinajstić information content (AvgIpc) is 3.41. The third kappa shape index (κ3) is 7.19. The van der Waals surface area contributed by atoms with Gasteiger partial charge in [-0.2, -0.15) is 0 Å². The van der Waals surface area contributed by atoms with Crippen LogP contribution < -0.4 is 21.1 Å². The van der Waals surface area contributed by atoms with Crippen molar-refractivity contribution >= 4 is 34.5 Å². The van der Waals surface area contributed by atoms with Crippen molar-refractivity contribution in [1.29, 1.82) is 0 Å². The number of carbonyl (C=O) groups excluding carboxylic acids is 3. The van der Waals surface area contributed by atoms with Gasteiger partial charge in [0, 0.05) is 31.1 Å². The number of nitrogen functional groups attached to an aromatic ring is 1. The first-order chi connectivity index (χ1) is 19.0. The minimum atomic E-state index is -0.910. The number of alkyl carbamates (subject to hydrolysis) is 1. The molecule has 10 heteroatoms. The summed E-state index contributed by atoms with van der Waals surface area (Å²) in [5.74, 6) is 0.543. The van der Waals surface area contributed by atoms with Crippen LogP contribution in [0.3, 0.4) is 0 Å². The first-order valence-electron chi connectivity index (χ1n) is 13.4. The molecule has 0 aliphatic carbocycles. The van der Waals surface area contributed by atoms with Crippen LogP contribution in [-0.4, -0.2) is 59.1 Å². The van der Waals surface area contributed by atoms with E-state index in [0.717, 1.165) is 21.9 Å². The molecule has 0 radical (unpaired) electrons. The largest absolute Gasteiger partial charge is 0.497 e. The highest BCUT2D eigenvalue weighted by molar-refractivity contribution is 5.93. The SMILES string of the molecule is COc1ccc(CC(NC(=O)OC(C)(C)C)C(=O)N2CCCC2C(=O)NCc2ccc3ccnc(N)c3c2)cc1. The third-order valence-electron chi connectivity index (χ3n) is 6.75. The van der Waals surface area contributed by atoms with Gasteiger partial charge >= 0.3 is 6.09 Å². The number of anilines is 1. The molecule has 0 spiro atoms. The van der Waals surface area contributed by atoms with Gasteiger partial charge in [0.05, 0.1) is 7.11 Å². The summed E-state index contributed by atoms with van der Waals surface area (Å²) in [5, 5.41) is 7.49. The molecule has 10 nitrogen and oxygen atoms in total. The summed E-state index contributed by atoms with van der Waals surface area (Å²) >= 11 is 0. The summed E-state index contributed by atoms with van der Waals surface area (Å²) in [7, 11) is 1.58. The topological polar surface area (TPSA) is 136 Å². The number of rotatable bonds is 8. The van der Waals surface area contributed by atoms with Gasteiger partial charge in [0.15, 0.2) is 0 Å². The molecule has 1 aromatic heterocycles. The number of nitrogens with zero attached hydrogens (tertiary/aromatic N) is 2. The number of benzene rings is 2. The molecule has 1 aliphatic heterocycles. The lowest BCUT2D eigenvalue weighted by atomic mass is 10.0. The highest BCUT2D eigenvalue weighted by atomic mass is 16.6. The quantitative estimate of drug-likeness (QED) is 0.392. The van der Waals surface area contributed by atoms with E-state index in [2.05, 4.69) is 15.6 Å². The first-order valence-corrected chi connectivity index (χ1v) is 13.4. The van der Waals surface area contributed by atoms with Crippen LogP contribution in [0, 0.1) is 0 Å². The molecule has 212 valence electrons. The maximum Gasteiger partial charge on any atom is 0.408 e. The Hall–Kier alpha value is -4.34. The number of nitrogens with two attached hydrogens (primary N) is 1. The normalized spacial score (nSPS) is 15.9. The van der Waals surface area contributed by atoms with E-state index in [9.17, 15) is 14.4 Å². The van der Waals surface area contributed by atoms with Gasteiger partial charge in [-0.25, -0.2) is 9.78 Å². The van der Waals surface area contributed by atoms with E-state index in [1.165, 1.54) is 0 Å². The predicted molar refractivity (Wildman–Crippen MR) is 153 cm³/mol. The van der Waals surface area contributed by atoms with Crippen LogP contribution in [0.2, 0.25) is 0 Å². The number of ether oxygens (including phenoxy) is 2. The van der Waals surface area contributed by atoms with Crippen molar-refractivity contribution < 1.29 is 23.9 Å². The molecule has 2 unspecified atom stereocenters. The Labute approximate surface area is 234 Å². The van der Waals surface area contributed by atoms with Gasteiger partial charge in [-0.15, -0.1) is 0 Å². The van der Waals surface area contributed by atoms with Crippen molar-refractivity contribution in [2.45, 2.75) is 64.3 Å². The summed E-state index contributed by atoms with van der Waals surface area (Å²) < 4.78 is 10.6. The maximum absolute atomic E-state index is 13.8. The summed E-state index contributed by atoms with van der Waals surface area (Å²) in [5.41, 5.74) is 6.99. The van der Waals surface area contributed by atoms with Crippen molar-refractivity contribution in [3.63, 3.8) is 0 Å². The van der Waals surface area contributed by atoms with Crippen LogP contribution in [0.25, 0.3) is 10.8 Å². The Kier molecular flexibility index (Phi) is 8.77. The molecule has 1 fully saturated rings. The molecule has 0 bridgehead atoms. The number of amides is 3. The van der Waals surface area contributed by atoms with E-state index in [1.807, 2.05) is 36.4 Å². The van der Waals surface area contributed by atoms with Crippen molar-refractivity contribution in [2.24, 2.45) is 0 Å². The molecule has 3 aromatic rings. The third-order valence-corrected chi connectivity index (χ3v) is 6.75. The lowest BCUT2D eigenvalue weighted by Crippen LogP contribution is -2.54. The van der Waals surface area contributed by atoms with Crippen LogP contribution >= 0.6 is 0 Å². The molecule has 1 saturated heterocycles. The molecule has 2 heterocycles. The predicted octanol–water partition coefficient (Wildman–Crippen LogP) is 3.57. The second kappa shape index (κ2) is 12.2. The second-order valence-electron chi connectivity index (χ2n) is 10.9. The molecule has 0 saturated carbocycles. The van der Waals surface area contributed by atoms with Crippen LogP contribution in [0.4, 0.5) is 10.6 Å². The molecular weight excluding hydrogens is 510 g/mol. The van der Waals surface area contributed by atoms with E-state index in [-0.39, 0.29) is 24.8 Å². The lowest BCUT2D eigenvalue weighted by Gasteiger charge is -2.29. The zero-order valence-corrected chi connectivity index (χ0v) is 23.4. The zero-order chi connectivity index (χ0) is 28.9. The summed E-state index contributed by atoms with van der Waals surface area (Å²) in [6, 6.07) is 13.4. The highest BCUT2D eigenvalue weighted by Crippen LogP contribution is 2.23. The fourth-order valence-electron chi connectivity index (χ4n) is 4.81. The number of hydrogen-bond acceptors (Lipinski definition) is 7. The fraction of sp³-hybridized carbons (Fsp3) is 0.400. The molecular formula is C30H37N5O5. The number of likely N-dealkylation sites (tertiary alicyclic amines) is 1. The van der Waals surface area contributed by atoms with Gasteiger partial charge in [-0.05, 0) is 74.4 Å². The summed E-state index contributed by atoms with van der Waals surface area (Å²) in [4.78, 5) is 45.4. The number of carbonyl (C=O) groups is 3. The molecule has 2 atom stereocenters. The van der Waals surface area contributed by atoms with E-state index in [1.54, 1.807) is 51.1 Å². The van der Waals surface area contributed by atoms with Gasteiger partial charge in [0.1, 0.15) is 29.3 Å². The van der Waals surface area contributed by atoms with E-state index < -0.39 is 23.8 Å². The molecule has 1 aliphatic rings. The van der Waals surface area contributed by atoms with Crippen LogP contribution in [0.15, 0.2) is 54.7 Å². The minimum absolute atomic E-state index is 0.236. The molecule has 4 rings (SSSR count). The molecule has 3 amide bonds. The van der Waals surface area contributed by atoms with E-state index in [0.29, 0.717) is 31.0 Å². The number of fused-ring (bicyclic) bond motifs is 1. The van der Waals surface area contributed by atoms with E-state index in [4.69, 9.17) is 15.2 Å². The Morgan fingerprint density at radius 1 is 1.10 bits per heavy atom. The van der Waals surface area contributed by atoms with E-state index >= 15 is 0 Å². The maximum atomic E-state index is 13.8. The van der Waals surface area contributed by atoms with Gasteiger partial charge in [0.2, 0.25) is 11.8 Å². The highest BCUT2D eigenvalue weighted by Gasteiger charge is 2.38. The van der Waals surface area contributed by atoms with Crippen molar-refractivity contribution in [3.05, 3.63) is 65.9 Å². The standard InChI is InChI=1S/C30H37N5O5/c1-30(2,3)40-29(38)34-24(17-19-8-11-22(39-4)12-9-19)28(37)35-15-5-6-25(35)27(36)33-18-20-7-10-21-13-14-32-26(31)23(21)16-20/h7-14,16,24-25H,5-6,15,17-18H2,1-4H3,(H2,31,32)(H,33,36)(H,34,38). The number of methoxy groups -OCH3 is 1. The summed E-state index contributed by atoms with van der Waals surface area (Å²) in [6.07, 6.45) is 2.42. The van der Waals surface area contributed by atoms with Crippen molar-refractivity contribution in [3.8, 4) is 5.75 Å². The van der Waals surface area contributed by atoms with Gasteiger partial charge in [-0.1, -0.05) is 24.3 Å². The van der Waals surface area contributed by atoms with Gasteiger partial charge < -0.3 is 30.7 Å². The minimum Gasteiger partial charge on any atom is -0.497 e. The van der Waals surface area contributed by atoms with Crippen LogP contribution in [0.1, 0.15) is 44.7 Å². The van der Waals surface area contributed by atoms with Crippen LogP contribution in [-0.2, 0) is 27.3 Å². The zero-order valence-electron chi connectivity index (χ0n) is 23.4. The summed E-state index contributed by atoms with van der Waals surface area (Å²) in [6.45, 7) is 5.98. The first kappa shape index (κ1) is 28.7. The van der Waals surface area contributed by atoms with Gasteiger partial charge in [0.25, 0.3) is 0 Å². The monoisotopic (exact) mass is 547 g/mol. The second-order valence-corrected chi connectivity index (χ2v) is 10.9. The molecule has 2 aromatic carbocycles. The fourth-order valence-corrected chi connectivity index (χ4v) is 4.81. The Morgan fingerprint density at radius 3 is 2.52 bits per heavy atom. The molecule has 4 N–H and O–H groups in total. The number of nitrogens with one attached hydrogen (secondary N) is 2. The number of pyridine rings is 1. The Morgan fingerprint density at radius 2 is 1.82 bits per heavy atom. The van der Waals surface area contributed by atoms with Crippen molar-refractivity contribution in [1.82, 2.24) is 20.5 Å². The molecule has 40 heavy (non-hydrogen) atoms.